The third-order valence-electron chi connectivity index (χ3n) is 2.27. The van der Waals surface area contributed by atoms with Crippen molar-refractivity contribution >= 4 is 24.5 Å². The van der Waals surface area contributed by atoms with Crippen LogP contribution in [-0.4, -0.2) is 25.8 Å². The van der Waals surface area contributed by atoms with Crippen LogP contribution >= 0.6 is 0 Å². The number of allylic oxidation sites excluding steroid dienone is 1. The molecule has 0 fully saturated rings. The summed E-state index contributed by atoms with van der Waals surface area (Å²) in [4.78, 5) is 10.1. The highest BCUT2D eigenvalue weighted by atomic mass is 16.5. The van der Waals surface area contributed by atoms with Gasteiger partial charge in [-0.15, -0.1) is 0 Å². The highest BCUT2D eigenvalue weighted by molar-refractivity contribution is 5.84. The molecule has 16 heavy (non-hydrogen) atoms. The minimum atomic E-state index is 0.329. The molecule has 1 aliphatic heterocycles. The van der Waals surface area contributed by atoms with Crippen molar-refractivity contribution in [2.75, 3.05) is 18.2 Å². The number of fused-ring (bicyclic) bond motifs is 1. The molecule has 0 amide bonds. The Bertz CT molecular complexity index is 427. The van der Waals surface area contributed by atoms with E-state index in [9.17, 15) is 4.79 Å². The van der Waals surface area contributed by atoms with Crippen LogP contribution in [0.5, 0.6) is 0 Å². The molecular formula is C12H12N2O2. The number of para-hydroxylation sites is 1. The van der Waals surface area contributed by atoms with Crippen molar-refractivity contribution in [3.05, 3.63) is 35.9 Å². The smallest absolute Gasteiger partial charge is 0.293 e. The zero-order chi connectivity index (χ0) is 11.2. The molecule has 2 rings (SSSR count). The lowest BCUT2D eigenvalue weighted by atomic mass is 10.1. The zero-order valence-electron chi connectivity index (χ0n) is 8.74. The van der Waals surface area contributed by atoms with E-state index in [0.717, 1.165) is 11.3 Å². The van der Waals surface area contributed by atoms with E-state index in [1.54, 1.807) is 6.21 Å². The number of rotatable bonds is 4. The molecule has 0 bridgehead atoms. The van der Waals surface area contributed by atoms with Gasteiger partial charge in [0.25, 0.3) is 6.47 Å². The number of hydrogen-bond donors (Lipinski definition) is 0. The van der Waals surface area contributed by atoms with Crippen molar-refractivity contribution in [1.82, 2.24) is 0 Å². The van der Waals surface area contributed by atoms with E-state index >= 15 is 0 Å². The highest BCUT2D eigenvalue weighted by Gasteiger charge is 2.09. The van der Waals surface area contributed by atoms with Gasteiger partial charge in [-0.2, -0.15) is 5.10 Å². The Morgan fingerprint density at radius 3 is 3.12 bits per heavy atom. The normalized spacial score (nSPS) is 13.1. The molecule has 0 saturated heterocycles. The molecule has 1 aromatic rings. The molecule has 82 valence electrons. The number of carbonyl (C=O) groups is 1. The number of carbonyl (C=O) groups excluding carboxylic acids is 1. The van der Waals surface area contributed by atoms with E-state index in [0.29, 0.717) is 19.6 Å². The van der Waals surface area contributed by atoms with Gasteiger partial charge >= 0.3 is 0 Å². The van der Waals surface area contributed by atoms with Crippen molar-refractivity contribution in [2.45, 2.75) is 0 Å². The molecule has 1 aromatic carbocycles. The summed E-state index contributed by atoms with van der Waals surface area (Å²) in [6.45, 7) is 1.33. The minimum Gasteiger partial charge on any atom is -0.466 e. The van der Waals surface area contributed by atoms with Gasteiger partial charge in [0.2, 0.25) is 0 Å². The molecule has 0 saturated carbocycles. The lowest BCUT2D eigenvalue weighted by molar-refractivity contribution is -0.128. The first-order valence-electron chi connectivity index (χ1n) is 5.04. The van der Waals surface area contributed by atoms with Crippen molar-refractivity contribution < 1.29 is 9.53 Å². The van der Waals surface area contributed by atoms with Crippen LogP contribution in [0.3, 0.4) is 0 Å². The van der Waals surface area contributed by atoms with E-state index in [4.69, 9.17) is 0 Å². The molecule has 0 N–H and O–H groups in total. The number of hydrazone groups is 1. The maximum Gasteiger partial charge on any atom is 0.293 e. The Labute approximate surface area is 93.8 Å². The lowest BCUT2D eigenvalue weighted by Gasteiger charge is -2.19. The molecule has 1 heterocycles. The van der Waals surface area contributed by atoms with Crippen molar-refractivity contribution in [2.24, 2.45) is 5.10 Å². The van der Waals surface area contributed by atoms with Crippen LogP contribution < -0.4 is 5.01 Å². The van der Waals surface area contributed by atoms with Crippen LogP contribution in [0.15, 0.2) is 35.4 Å². The summed E-state index contributed by atoms with van der Waals surface area (Å²) in [6.07, 6.45) is 5.61. The second-order valence-electron chi connectivity index (χ2n) is 3.27. The predicted octanol–water partition coefficient (Wildman–Crippen LogP) is 1.68. The molecule has 0 spiro atoms. The first kappa shape index (κ1) is 10.4. The Morgan fingerprint density at radius 2 is 2.25 bits per heavy atom. The van der Waals surface area contributed by atoms with Gasteiger partial charge in [0.05, 0.1) is 12.2 Å². The van der Waals surface area contributed by atoms with Crippen LogP contribution in [0.2, 0.25) is 0 Å². The average molecular weight is 216 g/mol. The topological polar surface area (TPSA) is 41.9 Å². The fourth-order valence-electron chi connectivity index (χ4n) is 1.56. The average Bonchev–Trinajstić information content (AvgIpc) is 2.52. The quantitative estimate of drug-likeness (QED) is 0.568. The number of hydrogen-bond acceptors (Lipinski definition) is 4. The monoisotopic (exact) mass is 216 g/mol. The second kappa shape index (κ2) is 5.11. The van der Waals surface area contributed by atoms with Gasteiger partial charge in [0.1, 0.15) is 6.61 Å². The summed E-state index contributed by atoms with van der Waals surface area (Å²) in [7, 11) is 0. The molecule has 0 aromatic heterocycles. The van der Waals surface area contributed by atoms with Gasteiger partial charge in [0, 0.05) is 6.21 Å². The van der Waals surface area contributed by atoms with Crippen LogP contribution in [0.4, 0.5) is 5.69 Å². The SMILES string of the molecule is O=COCCN1N=CC=Cc2ccccc21. The number of ether oxygens (including phenoxy) is 1. The van der Waals surface area contributed by atoms with Gasteiger partial charge in [0.15, 0.2) is 0 Å². The molecule has 1 aliphatic rings. The third-order valence-corrected chi connectivity index (χ3v) is 2.27. The second-order valence-corrected chi connectivity index (χ2v) is 3.27. The summed E-state index contributed by atoms with van der Waals surface area (Å²) in [6, 6.07) is 7.95. The minimum absolute atomic E-state index is 0.329. The molecule has 0 radical (unpaired) electrons. The summed E-state index contributed by atoms with van der Waals surface area (Å²) < 4.78 is 4.68. The molecular weight excluding hydrogens is 204 g/mol. The number of anilines is 1. The van der Waals surface area contributed by atoms with Crippen LogP contribution in [0, 0.1) is 0 Å². The first-order chi connectivity index (χ1) is 7.92. The van der Waals surface area contributed by atoms with E-state index < -0.39 is 0 Å². The number of nitrogens with zero attached hydrogens (tertiary/aromatic N) is 2. The van der Waals surface area contributed by atoms with Crippen molar-refractivity contribution in [3.63, 3.8) is 0 Å². The Hall–Kier alpha value is -2.10. The molecule has 4 nitrogen and oxygen atoms in total. The largest absolute Gasteiger partial charge is 0.466 e. The van der Waals surface area contributed by atoms with Gasteiger partial charge in [-0.3, -0.25) is 9.80 Å². The summed E-state index contributed by atoms with van der Waals surface area (Å²) >= 11 is 0. The van der Waals surface area contributed by atoms with E-state index in [2.05, 4.69) is 9.84 Å². The summed E-state index contributed by atoms with van der Waals surface area (Å²) in [5.41, 5.74) is 2.12. The maximum atomic E-state index is 10.1. The predicted molar refractivity (Wildman–Crippen MR) is 63.3 cm³/mol. The van der Waals surface area contributed by atoms with Gasteiger partial charge in [-0.25, -0.2) is 0 Å². The summed E-state index contributed by atoms with van der Waals surface area (Å²) in [5.74, 6) is 0. The zero-order valence-corrected chi connectivity index (χ0v) is 8.74. The fraction of sp³-hybridized carbons (Fsp3) is 0.167. The van der Waals surface area contributed by atoms with Crippen molar-refractivity contribution in [3.8, 4) is 0 Å². The van der Waals surface area contributed by atoms with Gasteiger partial charge < -0.3 is 4.74 Å². The maximum absolute atomic E-state index is 10.1. The molecule has 0 aliphatic carbocycles. The Kier molecular flexibility index (Phi) is 3.33. The number of benzene rings is 1. The van der Waals surface area contributed by atoms with Crippen LogP contribution in [-0.2, 0) is 9.53 Å². The van der Waals surface area contributed by atoms with Gasteiger partial charge in [-0.05, 0) is 17.7 Å². The highest BCUT2D eigenvalue weighted by Crippen LogP contribution is 2.23. The Morgan fingerprint density at radius 1 is 1.38 bits per heavy atom. The molecule has 0 unspecified atom stereocenters. The first-order valence-corrected chi connectivity index (χ1v) is 5.04. The van der Waals surface area contributed by atoms with E-state index in [1.807, 2.05) is 41.4 Å². The standard InChI is InChI=1S/C12H12N2O2/c15-10-16-9-8-14-12-6-2-1-4-11(12)5-3-7-13-14/h1-7,10H,8-9H2. The van der Waals surface area contributed by atoms with Gasteiger partial charge in [-0.1, -0.05) is 24.3 Å². The Balaban J connectivity index is 2.17. The fourth-order valence-corrected chi connectivity index (χ4v) is 1.56. The summed E-state index contributed by atoms with van der Waals surface area (Å²) in [5, 5.41) is 6.08. The molecule has 0 atom stereocenters. The van der Waals surface area contributed by atoms with E-state index in [-0.39, 0.29) is 0 Å². The van der Waals surface area contributed by atoms with Crippen LogP contribution in [0.25, 0.3) is 6.08 Å². The molecule has 4 heteroatoms. The van der Waals surface area contributed by atoms with E-state index in [1.165, 1.54) is 0 Å². The lowest BCUT2D eigenvalue weighted by Crippen LogP contribution is -2.22. The third kappa shape index (κ3) is 2.28. The van der Waals surface area contributed by atoms with Crippen molar-refractivity contribution in [1.29, 1.82) is 0 Å². The van der Waals surface area contributed by atoms with Crippen LogP contribution in [0.1, 0.15) is 5.56 Å².